The van der Waals surface area contributed by atoms with Gasteiger partial charge in [0.25, 0.3) is 0 Å². The van der Waals surface area contributed by atoms with Crippen LogP contribution in [-0.2, 0) is 0 Å². The summed E-state index contributed by atoms with van der Waals surface area (Å²) in [6.45, 7) is 0. The summed E-state index contributed by atoms with van der Waals surface area (Å²) in [6, 6.07) is 9.57. The highest BCUT2D eigenvalue weighted by atomic mass is 16.3. The highest BCUT2D eigenvalue weighted by Gasteiger charge is 1.99. The zero-order valence-corrected chi connectivity index (χ0v) is 8.91. The van der Waals surface area contributed by atoms with E-state index in [2.05, 4.69) is 15.2 Å². The molecule has 0 bridgehead atoms. The highest BCUT2D eigenvalue weighted by Crippen LogP contribution is 2.24. The van der Waals surface area contributed by atoms with Crippen LogP contribution >= 0.6 is 0 Å². The highest BCUT2D eigenvalue weighted by molar-refractivity contribution is 5.60. The summed E-state index contributed by atoms with van der Waals surface area (Å²) in [6.07, 6.45) is 0. The fraction of sp³-hybridized carbons (Fsp3) is 0. The Bertz CT molecular complexity index is 550. The first kappa shape index (κ1) is 10.9. The summed E-state index contributed by atoms with van der Waals surface area (Å²) in [7, 11) is 0. The van der Waals surface area contributed by atoms with Crippen molar-refractivity contribution < 1.29 is 5.11 Å². The predicted molar refractivity (Wildman–Crippen MR) is 65.3 cm³/mol. The molecule has 1 aromatic carbocycles. The van der Waals surface area contributed by atoms with Gasteiger partial charge in [0, 0.05) is 0 Å². The van der Waals surface area contributed by atoms with Crippen molar-refractivity contribution in [1.82, 2.24) is 4.98 Å². The topological polar surface area (TPSA) is 110 Å². The third-order valence-corrected chi connectivity index (χ3v) is 2.05. The molecule has 6 heteroatoms. The molecule has 0 aliphatic rings. The van der Waals surface area contributed by atoms with Crippen LogP contribution in [0.3, 0.4) is 0 Å². The molecule has 0 aliphatic heterocycles. The molecule has 17 heavy (non-hydrogen) atoms. The molecule has 0 saturated heterocycles. The molecule has 0 saturated carbocycles. The lowest BCUT2D eigenvalue weighted by Gasteiger charge is -1.98. The van der Waals surface area contributed by atoms with Gasteiger partial charge in [-0.15, -0.1) is 5.11 Å². The Kier molecular flexibility index (Phi) is 2.87. The van der Waals surface area contributed by atoms with Crippen molar-refractivity contribution in [2.24, 2.45) is 10.2 Å². The van der Waals surface area contributed by atoms with Gasteiger partial charge in [0.2, 0.25) is 0 Å². The van der Waals surface area contributed by atoms with Gasteiger partial charge in [0.1, 0.15) is 17.3 Å². The number of aromatic nitrogens is 1. The molecule has 0 atom stereocenters. The number of hydrogen-bond acceptors (Lipinski definition) is 6. The maximum Gasteiger partial charge on any atom is 0.153 e. The average Bonchev–Trinajstić information content (AvgIpc) is 2.30. The largest absolute Gasteiger partial charge is 0.508 e. The van der Waals surface area contributed by atoms with E-state index in [-0.39, 0.29) is 11.6 Å². The number of azo groups is 1. The Balaban J connectivity index is 2.23. The number of nitrogen functional groups attached to an aromatic ring is 2. The number of nitrogens with zero attached hydrogens (tertiary/aromatic N) is 3. The Hall–Kier alpha value is -2.63. The Morgan fingerprint density at radius 2 is 1.65 bits per heavy atom. The molecule has 0 amide bonds. The van der Waals surface area contributed by atoms with E-state index in [1.54, 1.807) is 24.3 Å². The van der Waals surface area contributed by atoms with E-state index in [4.69, 9.17) is 16.6 Å². The van der Waals surface area contributed by atoms with E-state index >= 15 is 0 Å². The maximum absolute atomic E-state index is 9.10. The lowest BCUT2D eigenvalue weighted by Crippen LogP contribution is -1.95. The smallest absolute Gasteiger partial charge is 0.153 e. The van der Waals surface area contributed by atoms with E-state index in [1.807, 2.05) is 0 Å². The Labute approximate surface area is 97.6 Å². The van der Waals surface area contributed by atoms with Crippen LogP contribution in [0.25, 0.3) is 0 Å². The molecule has 0 radical (unpaired) electrons. The number of hydrogen-bond donors (Lipinski definition) is 3. The normalized spacial score (nSPS) is 10.8. The van der Waals surface area contributed by atoms with E-state index in [1.165, 1.54) is 12.1 Å². The van der Waals surface area contributed by atoms with Crippen molar-refractivity contribution in [2.75, 3.05) is 11.5 Å². The first-order valence-corrected chi connectivity index (χ1v) is 4.88. The van der Waals surface area contributed by atoms with Crippen molar-refractivity contribution in [2.45, 2.75) is 0 Å². The van der Waals surface area contributed by atoms with Crippen LogP contribution in [0.4, 0.5) is 23.0 Å². The molecule has 2 aromatic rings. The molecule has 2 rings (SSSR count). The Morgan fingerprint density at radius 1 is 0.941 bits per heavy atom. The summed E-state index contributed by atoms with van der Waals surface area (Å²) in [5.41, 5.74) is 12.1. The third-order valence-electron chi connectivity index (χ3n) is 2.05. The maximum atomic E-state index is 9.10. The summed E-state index contributed by atoms with van der Waals surface area (Å²) in [5, 5.41) is 17.0. The zero-order valence-electron chi connectivity index (χ0n) is 8.91. The van der Waals surface area contributed by atoms with Crippen molar-refractivity contribution >= 4 is 23.0 Å². The van der Waals surface area contributed by atoms with Gasteiger partial charge in [-0.1, -0.05) is 0 Å². The number of phenols is 1. The van der Waals surface area contributed by atoms with Crippen molar-refractivity contribution in [3.05, 3.63) is 36.4 Å². The minimum Gasteiger partial charge on any atom is -0.508 e. The van der Waals surface area contributed by atoms with Crippen LogP contribution < -0.4 is 11.5 Å². The second kappa shape index (κ2) is 4.48. The Morgan fingerprint density at radius 3 is 2.29 bits per heavy atom. The first-order valence-electron chi connectivity index (χ1n) is 4.88. The SMILES string of the molecule is Nc1ccc(N=Nc2ccc(O)cc2)c(N)n1. The minimum absolute atomic E-state index is 0.178. The summed E-state index contributed by atoms with van der Waals surface area (Å²) < 4.78 is 0. The number of anilines is 2. The number of rotatable bonds is 2. The number of aromatic hydroxyl groups is 1. The molecule has 1 aromatic heterocycles. The van der Waals surface area contributed by atoms with E-state index in [0.29, 0.717) is 17.2 Å². The number of pyridine rings is 1. The lowest BCUT2D eigenvalue weighted by atomic mass is 10.3. The van der Waals surface area contributed by atoms with E-state index in [9.17, 15) is 0 Å². The van der Waals surface area contributed by atoms with E-state index < -0.39 is 0 Å². The van der Waals surface area contributed by atoms with Gasteiger partial charge in [0.05, 0.1) is 5.69 Å². The van der Waals surface area contributed by atoms with Crippen LogP contribution in [-0.4, -0.2) is 10.1 Å². The quantitative estimate of drug-likeness (QED) is 0.686. The van der Waals surface area contributed by atoms with Crippen LogP contribution in [0.1, 0.15) is 0 Å². The van der Waals surface area contributed by atoms with Crippen molar-refractivity contribution in [1.29, 1.82) is 0 Å². The molecular formula is C11H11N5O. The number of phenolic OH excluding ortho intramolecular Hbond substituents is 1. The van der Waals surface area contributed by atoms with Gasteiger partial charge in [-0.3, -0.25) is 0 Å². The van der Waals surface area contributed by atoms with Crippen LogP contribution in [0.5, 0.6) is 5.75 Å². The zero-order chi connectivity index (χ0) is 12.3. The second-order valence-electron chi connectivity index (χ2n) is 3.36. The summed E-state index contributed by atoms with van der Waals surface area (Å²) in [5.74, 6) is 0.747. The molecule has 86 valence electrons. The van der Waals surface area contributed by atoms with Crippen molar-refractivity contribution in [3.63, 3.8) is 0 Å². The molecule has 6 nitrogen and oxygen atoms in total. The van der Waals surface area contributed by atoms with Gasteiger partial charge in [-0.2, -0.15) is 5.11 Å². The fourth-order valence-electron chi connectivity index (χ4n) is 1.20. The number of benzene rings is 1. The molecule has 0 spiro atoms. The van der Waals surface area contributed by atoms with Gasteiger partial charge in [0.15, 0.2) is 5.82 Å². The lowest BCUT2D eigenvalue weighted by molar-refractivity contribution is 0.475. The molecule has 0 fully saturated rings. The van der Waals surface area contributed by atoms with Crippen molar-refractivity contribution in [3.8, 4) is 5.75 Å². The van der Waals surface area contributed by atoms with Gasteiger partial charge in [-0.05, 0) is 36.4 Å². The van der Waals surface area contributed by atoms with Gasteiger partial charge >= 0.3 is 0 Å². The van der Waals surface area contributed by atoms with Crippen LogP contribution in [0.2, 0.25) is 0 Å². The molecule has 5 N–H and O–H groups in total. The first-order chi connectivity index (χ1) is 8.15. The summed E-state index contributed by atoms with van der Waals surface area (Å²) in [4.78, 5) is 3.86. The molecular weight excluding hydrogens is 218 g/mol. The van der Waals surface area contributed by atoms with E-state index in [0.717, 1.165) is 0 Å². The molecule has 0 aliphatic carbocycles. The van der Waals surface area contributed by atoms with Gasteiger partial charge in [-0.25, -0.2) is 4.98 Å². The minimum atomic E-state index is 0.178. The third kappa shape index (κ3) is 2.69. The van der Waals surface area contributed by atoms with Crippen LogP contribution in [0, 0.1) is 0 Å². The standard InChI is InChI=1S/C11H11N5O/c12-10-6-5-9(11(13)14-10)16-15-7-1-3-8(17)4-2-7/h1-6,17H,(H4,12,13,14). The second-order valence-corrected chi connectivity index (χ2v) is 3.36. The fourth-order valence-corrected chi connectivity index (χ4v) is 1.20. The number of nitrogens with two attached hydrogens (primary N) is 2. The predicted octanol–water partition coefficient (Wildman–Crippen LogP) is 2.37. The van der Waals surface area contributed by atoms with Crippen LogP contribution in [0.15, 0.2) is 46.6 Å². The van der Waals surface area contributed by atoms with Gasteiger partial charge < -0.3 is 16.6 Å². The molecule has 1 heterocycles. The monoisotopic (exact) mass is 229 g/mol. The molecule has 0 unspecified atom stereocenters. The average molecular weight is 229 g/mol. The summed E-state index contributed by atoms with van der Waals surface area (Å²) >= 11 is 0.